The molecule has 0 spiro atoms. The Bertz CT molecular complexity index is 1450. The second-order valence-corrected chi connectivity index (χ2v) is 11.8. The van der Waals surface area contributed by atoms with E-state index < -0.39 is 29.6 Å². The highest BCUT2D eigenvalue weighted by atomic mass is 35.5. The molecule has 2 aromatic heterocycles. The van der Waals surface area contributed by atoms with Crippen LogP contribution in [0.15, 0.2) is 34.7 Å². The first-order valence-corrected chi connectivity index (χ1v) is 15.2. The van der Waals surface area contributed by atoms with Crippen LogP contribution < -0.4 is 21.3 Å². The van der Waals surface area contributed by atoms with Crippen LogP contribution in [0, 0.1) is 12.7 Å². The Morgan fingerprint density at radius 1 is 1.17 bits per heavy atom. The van der Waals surface area contributed by atoms with Crippen molar-refractivity contribution < 1.29 is 27.9 Å². The van der Waals surface area contributed by atoms with Crippen molar-refractivity contribution in [1.29, 1.82) is 0 Å². The SMILES string of the molecule is Cc1ccc([C@H](C(=O)NC[C@@H]2CCCO2)N(C(=O)c2snc(C(=O)NC3CCCCC3)c2N)c2ccc(F)c(Cl)c2)o1. The number of aryl methyl sites for hydroxylation is 1. The number of carbonyl (C=O) groups excluding carboxylic acids is 3. The number of anilines is 2. The zero-order valence-corrected chi connectivity index (χ0v) is 24.7. The number of nitrogens with two attached hydrogens (primary N) is 1. The lowest BCUT2D eigenvalue weighted by Crippen LogP contribution is -2.45. The number of nitrogens with one attached hydrogen (secondary N) is 2. The molecule has 2 atom stereocenters. The summed E-state index contributed by atoms with van der Waals surface area (Å²) in [6.45, 7) is 2.56. The van der Waals surface area contributed by atoms with Gasteiger partial charge in [0.15, 0.2) is 11.7 Å². The lowest BCUT2D eigenvalue weighted by Gasteiger charge is -2.30. The first-order chi connectivity index (χ1) is 20.2. The topological polar surface area (TPSA) is 140 Å². The molecule has 0 unspecified atom stereocenters. The number of hydrogen-bond donors (Lipinski definition) is 3. The minimum atomic E-state index is -1.32. The molecule has 13 heteroatoms. The van der Waals surface area contributed by atoms with Crippen molar-refractivity contribution in [2.75, 3.05) is 23.8 Å². The van der Waals surface area contributed by atoms with Crippen LogP contribution in [0.2, 0.25) is 5.02 Å². The molecule has 3 heterocycles. The molecular weight excluding hydrogens is 585 g/mol. The minimum Gasteiger partial charge on any atom is -0.464 e. The standard InChI is InChI=1S/C29H33ClFN5O5S/c1-16-9-12-22(41-16)25(28(38)33-15-19-8-5-13-40-19)36(18-10-11-21(31)20(30)14-18)29(39)26-23(32)24(35-42-26)27(37)34-17-6-3-2-4-7-17/h9-12,14,17,19,25H,2-8,13,15,32H2,1H3,(H,33,38)(H,34,37)/t19-,25+/m0/s1. The third-order valence-electron chi connectivity index (χ3n) is 7.54. The lowest BCUT2D eigenvalue weighted by atomic mass is 9.95. The highest BCUT2D eigenvalue weighted by molar-refractivity contribution is 7.09. The molecule has 1 aliphatic carbocycles. The Morgan fingerprint density at radius 3 is 2.62 bits per heavy atom. The molecule has 3 aromatic rings. The molecule has 4 N–H and O–H groups in total. The summed E-state index contributed by atoms with van der Waals surface area (Å²) in [5.41, 5.74) is 6.32. The Balaban J connectivity index is 1.51. The van der Waals surface area contributed by atoms with E-state index in [2.05, 4.69) is 15.0 Å². The predicted molar refractivity (Wildman–Crippen MR) is 157 cm³/mol. The average molecular weight is 618 g/mol. The number of hydrogen-bond acceptors (Lipinski definition) is 8. The van der Waals surface area contributed by atoms with E-state index in [4.69, 9.17) is 26.5 Å². The Labute approximate surface area is 251 Å². The number of aromatic nitrogens is 1. The van der Waals surface area contributed by atoms with Crippen molar-refractivity contribution in [2.24, 2.45) is 0 Å². The average Bonchev–Trinajstić information content (AvgIpc) is 3.74. The molecule has 10 nitrogen and oxygen atoms in total. The van der Waals surface area contributed by atoms with E-state index in [0.29, 0.717) is 12.4 Å². The molecular formula is C29H33ClFN5O5S. The van der Waals surface area contributed by atoms with E-state index in [1.807, 2.05) is 0 Å². The quantitative estimate of drug-likeness (QED) is 0.301. The molecule has 1 aromatic carbocycles. The van der Waals surface area contributed by atoms with Gasteiger partial charge < -0.3 is 25.5 Å². The van der Waals surface area contributed by atoms with E-state index >= 15 is 0 Å². The molecule has 2 aliphatic rings. The van der Waals surface area contributed by atoms with Gasteiger partial charge in [0.1, 0.15) is 22.2 Å². The first-order valence-electron chi connectivity index (χ1n) is 14.0. The molecule has 42 heavy (non-hydrogen) atoms. The molecule has 0 bridgehead atoms. The van der Waals surface area contributed by atoms with Crippen molar-refractivity contribution in [3.63, 3.8) is 0 Å². The Hall–Kier alpha value is -3.48. The number of nitrogen functional groups attached to an aromatic ring is 1. The van der Waals surface area contributed by atoms with Gasteiger partial charge in [-0.25, -0.2) is 4.39 Å². The van der Waals surface area contributed by atoms with Crippen LogP contribution >= 0.6 is 23.1 Å². The number of rotatable bonds is 9. The molecule has 5 rings (SSSR count). The third kappa shape index (κ3) is 6.61. The van der Waals surface area contributed by atoms with Crippen molar-refractivity contribution >= 4 is 52.2 Å². The van der Waals surface area contributed by atoms with Crippen molar-refractivity contribution in [3.8, 4) is 0 Å². The maximum Gasteiger partial charge on any atom is 0.273 e. The van der Waals surface area contributed by atoms with Crippen molar-refractivity contribution in [1.82, 2.24) is 15.0 Å². The number of benzene rings is 1. The van der Waals surface area contributed by atoms with E-state index in [-0.39, 0.29) is 51.4 Å². The van der Waals surface area contributed by atoms with Gasteiger partial charge in [0, 0.05) is 24.9 Å². The molecule has 1 saturated heterocycles. The number of halogens is 2. The number of nitrogens with zero attached hydrogens (tertiary/aromatic N) is 2. The van der Waals surface area contributed by atoms with Crippen molar-refractivity contribution in [2.45, 2.75) is 70.1 Å². The summed E-state index contributed by atoms with van der Waals surface area (Å²) in [6, 6.07) is 5.65. The molecule has 3 amide bonds. The van der Waals surface area contributed by atoms with Gasteiger partial charge in [-0.15, -0.1) is 0 Å². The van der Waals surface area contributed by atoms with E-state index in [9.17, 15) is 18.8 Å². The molecule has 1 saturated carbocycles. The minimum absolute atomic E-state index is 0.0171. The Kier molecular flexibility index (Phi) is 9.44. The smallest absolute Gasteiger partial charge is 0.273 e. The van der Waals surface area contributed by atoms with E-state index in [1.54, 1.807) is 19.1 Å². The highest BCUT2D eigenvalue weighted by Crippen LogP contribution is 2.35. The number of carbonyl (C=O) groups is 3. The Morgan fingerprint density at radius 2 is 1.95 bits per heavy atom. The number of furan rings is 1. The zero-order valence-electron chi connectivity index (χ0n) is 23.2. The summed E-state index contributed by atoms with van der Waals surface area (Å²) in [5, 5.41) is 5.59. The molecule has 2 fully saturated rings. The van der Waals surface area contributed by atoms with Gasteiger partial charge in [-0.2, -0.15) is 4.37 Å². The van der Waals surface area contributed by atoms with Gasteiger partial charge >= 0.3 is 0 Å². The fourth-order valence-electron chi connectivity index (χ4n) is 5.33. The number of amides is 3. The molecule has 1 aliphatic heterocycles. The van der Waals surface area contributed by atoms with Gasteiger partial charge in [-0.1, -0.05) is 30.9 Å². The maximum atomic E-state index is 14.3. The maximum absolute atomic E-state index is 14.3. The van der Waals surface area contributed by atoms with E-state index in [1.165, 1.54) is 12.1 Å². The summed E-state index contributed by atoms with van der Waals surface area (Å²) >= 11 is 6.87. The zero-order chi connectivity index (χ0) is 29.8. The van der Waals surface area contributed by atoms with Crippen LogP contribution in [-0.2, 0) is 9.53 Å². The second-order valence-electron chi connectivity index (χ2n) is 10.6. The number of ether oxygens (including phenoxy) is 1. The molecule has 224 valence electrons. The fourth-order valence-corrected chi connectivity index (χ4v) is 6.24. The van der Waals surface area contributed by atoms with Gasteiger partial charge in [0.05, 0.1) is 16.8 Å². The first kappa shape index (κ1) is 30.0. The summed E-state index contributed by atoms with van der Waals surface area (Å²) in [4.78, 5) is 42.2. The predicted octanol–water partition coefficient (Wildman–Crippen LogP) is 5.17. The van der Waals surface area contributed by atoms with Crippen molar-refractivity contribution in [3.05, 3.63) is 63.3 Å². The van der Waals surface area contributed by atoms with Crippen LogP contribution in [0.1, 0.15) is 82.7 Å². The summed E-state index contributed by atoms with van der Waals surface area (Å²) in [5.74, 6) is -1.74. The van der Waals surface area contributed by atoms with Crippen LogP contribution in [0.5, 0.6) is 0 Å². The van der Waals surface area contributed by atoms with Crippen LogP contribution in [0.3, 0.4) is 0 Å². The molecule has 0 radical (unpaired) electrons. The lowest BCUT2D eigenvalue weighted by molar-refractivity contribution is -0.123. The van der Waals surface area contributed by atoms with Crippen LogP contribution in [0.4, 0.5) is 15.8 Å². The normalized spacial score (nSPS) is 18.0. The van der Waals surface area contributed by atoms with Gasteiger partial charge in [0.2, 0.25) is 0 Å². The van der Waals surface area contributed by atoms with Gasteiger partial charge in [0.25, 0.3) is 17.7 Å². The largest absolute Gasteiger partial charge is 0.464 e. The summed E-state index contributed by atoms with van der Waals surface area (Å²) < 4.78 is 29.9. The summed E-state index contributed by atoms with van der Waals surface area (Å²) in [7, 11) is 0. The monoisotopic (exact) mass is 617 g/mol. The fraction of sp³-hybridized carbons (Fsp3) is 0.448. The van der Waals surface area contributed by atoms with Crippen LogP contribution in [-0.4, -0.2) is 47.4 Å². The van der Waals surface area contributed by atoms with E-state index in [0.717, 1.165) is 67.4 Å². The van der Waals surface area contributed by atoms with Gasteiger partial charge in [-0.05, 0) is 74.5 Å². The second kappa shape index (κ2) is 13.2. The summed E-state index contributed by atoms with van der Waals surface area (Å²) in [6.07, 6.45) is 6.45. The van der Waals surface area contributed by atoms with Gasteiger partial charge in [-0.3, -0.25) is 19.3 Å². The third-order valence-corrected chi connectivity index (χ3v) is 8.68. The van der Waals surface area contributed by atoms with Crippen LogP contribution in [0.25, 0.3) is 0 Å². The highest BCUT2D eigenvalue weighted by Gasteiger charge is 2.38.